The Hall–Kier alpha value is -1.42. The zero-order chi connectivity index (χ0) is 15.4. The molecule has 0 radical (unpaired) electrons. The van der Waals surface area contributed by atoms with Crippen LogP contribution in [0.4, 0.5) is 0 Å². The molecule has 0 aliphatic heterocycles. The average molecular weight is 304 g/mol. The molecule has 4 heteroatoms. The first kappa shape index (κ1) is 16.0. The highest BCUT2D eigenvalue weighted by molar-refractivity contribution is 7.84. The Morgan fingerprint density at radius 3 is 2.43 bits per heavy atom. The van der Waals surface area contributed by atoms with Gasteiger partial charge >= 0.3 is 0 Å². The predicted octanol–water partition coefficient (Wildman–Crippen LogP) is 3.78. The van der Waals surface area contributed by atoms with Crippen LogP contribution in [0, 0.1) is 19.8 Å². The van der Waals surface area contributed by atoms with E-state index in [9.17, 15) is 4.21 Å². The molecule has 0 aliphatic carbocycles. The van der Waals surface area contributed by atoms with Crippen molar-refractivity contribution < 1.29 is 4.21 Å². The third-order valence-electron chi connectivity index (χ3n) is 3.69. The normalized spacial score (nSPS) is 14.1. The molecular formula is C17H24N2OS. The summed E-state index contributed by atoms with van der Waals surface area (Å²) < 4.78 is 14.0. The molecule has 0 aliphatic rings. The molecule has 2 atom stereocenters. The van der Waals surface area contributed by atoms with Crippen LogP contribution < -0.4 is 0 Å². The Balaban J connectivity index is 2.05. The Morgan fingerprint density at radius 1 is 1.24 bits per heavy atom. The van der Waals surface area contributed by atoms with Crippen molar-refractivity contribution in [2.45, 2.75) is 39.9 Å². The summed E-state index contributed by atoms with van der Waals surface area (Å²) >= 11 is 0. The minimum absolute atomic E-state index is 0.528. The van der Waals surface area contributed by atoms with Crippen LogP contribution in [-0.4, -0.2) is 19.7 Å². The lowest BCUT2D eigenvalue weighted by Crippen LogP contribution is -2.09. The number of aryl methyl sites for hydroxylation is 2. The van der Waals surface area contributed by atoms with E-state index in [2.05, 4.69) is 56.2 Å². The van der Waals surface area contributed by atoms with Gasteiger partial charge in [0.1, 0.15) is 0 Å². The quantitative estimate of drug-likeness (QED) is 0.814. The van der Waals surface area contributed by atoms with Crippen LogP contribution in [0.3, 0.4) is 0 Å². The van der Waals surface area contributed by atoms with Gasteiger partial charge in [0.2, 0.25) is 0 Å². The van der Waals surface area contributed by atoms with E-state index in [-0.39, 0.29) is 0 Å². The molecule has 0 bridgehead atoms. The van der Waals surface area contributed by atoms with Crippen LogP contribution in [0.2, 0.25) is 0 Å². The van der Waals surface area contributed by atoms with Gasteiger partial charge in [-0.2, -0.15) is 5.10 Å². The van der Waals surface area contributed by atoms with E-state index in [1.807, 2.05) is 11.6 Å². The van der Waals surface area contributed by atoms with Gasteiger partial charge in [0.15, 0.2) is 0 Å². The molecule has 0 spiro atoms. The van der Waals surface area contributed by atoms with Crippen molar-refractivity contribution in [3.8, 4) is 5.69 Å². The first-order chi connectivity index (χ1) is 9.99. The monoisotopic (exact) mass is 304 g/mol. The summed E-state index contributed by atoms with van der Waals surface area (Å²) in [4.78, 5) is 0. The second kappa shape index (κ2) is 7.03. The third kappa shape index (κ3) is 4.27. The van der Waals surface area contributed by atoms with Crippen LogP contribution in [-0.2, 0) is 16.6 Å². The van der Waals surface area contributed by atoms with E-state index < -0.39 is 10.8 Å². The van der Waals surface area contributed by atoms with Gasteiger partial charge in [-0.05, 0) is 43.5 Å². The van der Waals surface area contributed by atoms with Gasteiger partial charge in [-0.15, -0.1) is 0 Å². The van der Waals surface area contributed by atoms with Crippen molar-refractivity contribution >= 4 is 10.8 Å². The number of nitrogens with zero attached hydrogens (tertiary/aromatic N) is 2. The van der Waals surface area contributed by atoms with E-state index >= 15 is 0 Å². The lowest BCUT2D eigenvalue weighted by molar-refractivity contribution is 0.615. The van der Waals surface area contributed by atoms with E-state index in [4.69, 9.17) is 0 Å². The summed E-state index contributed by atoms with van der Waals surface area (Å²) in [7, 11) is -0.775. The maximum Gasteiger partial charge on any atom is 0.0648 e. The first-order valence-corrected chi connectivity index (χ1v) is 8.96. The van der Waals surface area contributed by atoms with Gasteiger partial charge < -0.3 is 0 Å². The highest BCUT2D eigenvalue weighted by Crippen LogP contribution is 2.15. The molecule has 0 amide bonds. The van der Waals surface area contributed by atoms with Crippen molar-refractivity contribution in [3.63, 3.8) is 0 Å². The number of hydrogen-bond donors (Lipinski definition) is 0. The summed E-state index contributed by atoms with van der Waals surface area (Å²) in [6.45, 7) is 8.35. The Morgan fingerprint density at radius 2 is 1.90 bits per heavy atom. The van der Waals surface area contributed by atoms with Gasteiger partial charge in [0.05, 0.1) is 11.4 Å². The molecule has 2 rings (SSSR count). The molecule has 1 aromatic carbocycles. The maximum atomic E-state index is 12.1. The number of aromatic nitrogens is 2. The standard InChI is InChI=1S/C17H24N2OS/c1-5-13(2)11-21(20)12-16-6-8-17(9-7-16)19-15(4)10-14(3)18-19/h6-10,13H,5,11-12H2,1-4H3/t13-,21-/m1/s1. The molecule has 0 N–H and O–H groups in total. The molecule has 2 aromatic rings. The summed E-state index contributed by atoms with van der Waals surface area (Å²) in [5.74, 6) is 1.96. The van der Waals surface area contributed by atoms with Crippen LogP contribution in [0.15, 0.2) is 30.3 Å². The lowest BCUT2D eigenvalue weighted by Gasteiger charge is -2.09. The lowest BCUT2D eigenvalue weighted by atomic mass is 10.2. The minimum Gasteiger partial charge on any atom is -0.259 e. The predicted molar refractivity (Wildman–Crippen MR) is 89.2 cm³/mol. The fourth-order valence-corrected chi connectivity index (χ4v) is 3.86. The zero-order valence-electron chi connectivity index (χ0n) is 13.3. The number of benzene rings is 1. The van der Waals surface area contributed by atoms with Crippen LogP contribution in [0.1, 0.15) is 37.2 Å². The van der Waals surface area contributed by atoms with Gasteiger partial charge in [-0.3, -0.25) is 4.21 Å². The van der Waals surface area contributed by atoms with Crippen molar-refractivity contribution in [2.24, 2.45) is 5.92 Å². The summed E-state index contributed by atoms with van der Waals surface area (Å²) in [5, 5.41) is 4.48. The van der Waals surface area contributed by atoms with E-state index in [0.29, 0.717) is 11.7 Å². The van der Waals surface area contributed by atoms with Crippen molar-refractivity contribution in [1.82, 2.24) is 9.78 Å². The Kier molecular flexibility index (Phi) is 5.34. The van der Waals surface area contributed by atoms with E-state index in [1.165, 1.54) is 0 Å². The largest absolute Gasteiger partial charge is 0.259 e. The summed E-state index contributed by atoms with van der Waals surface area (Å²) in [6, 6.07) is 10.3. The molecule has 0 saturated carbocycles. The van der Waals surface area contributed by atoms with Gasteiger partial charge in [0.25, 0.3) is 0 Å². The Labute approximate surface area is 129 Å². The smallest absolute Gasteiger partial charge is 0.0648 e. The topological polar surface area (TPSA) is 34.9 Å². The molecular weight excluding hydrogens is 280 g/mol. The second-order valence-corrected chi connectivity index (χ2v) is 7.27. The van der Waals surface area contributed by atoms with Crippen molar-refractivity contribution in [2.75, 3.05) is 5.75 Å². The molecule has 3 nitrogen and oxygen atoms in total. The summed E-state index contributed by atoms with van der Waals surface area (Å²) in [6.07, 6.45) is 1.09. The van der Waals surface area contributed by atoms with Crippen LogP contribution in [0.5, 0.6) is 0 Å². The van der Waals surface area contributed by atoms with Crippen LogP contribution >= 0.6 is 0 Å². The number of hydrogen-bond acceptors (Lipinski definition) is 2. The third-order valence-corrected chi connectivity index (χ3v) is 5.28. The first-order valence-electron chi connectivity index (χ1n) is 7.47. The fraction of sp³-hybridized carbons (Fsp3) is 0.471. The van der Waals surface area contributed by atoms with Gasteiger partial charge in [-0.1, -0.05) is 32.4 Å². The van der Waals surface area contributed by atoms with Crippen molar-refractivity contribution in [3.05, 3.63) is 47.3 Å². The molecule has 114 valence electrons. The highest BCUT2D eigenvalue weighted by Gasteiger charge is 2.08. The molecule has 0 saturated heterocycles. The van der Waals surface area contributed by atoms with Gasteiger partial charge in [0, 0.05) is 28.0 Å². The van der Waals surface area contributed by atoms with E-state index in [1.54, 1.807) is 0 Å². The SMILES string of the molecule is CC[C@@H](C)C[S@@](=O)Cc1ccc(-n2nc(C)cc2C)cc1. The minimum atomic E-state index is -0.775. The summed E-state index contributed by atoms with van der Waals surface area (Å²) in [5.41, 5.74) is 4.32. The van der Waals surface area contributed by atoms with E-state index in [0.717, 1.165) is 34.8 Å². The van der Waals surface area contributed by atoms with Crippen LogP contribution in [0.25, 0.3) is 5.69 Å². The molecule has 21 heavy (non-hydrogen) atoms. The van der Waals surface area contributed by atoms with Gasteiger partial charge in [-0.25, -0.2) is 4.68 Å². The molecule has 0 unspecified atom stereocenters. The average Bonchev–Trinajstić information content (AvgIpc) is 2.78. The zero-order valence-corrected chi connectivity index (χ0v) is 14.1. The molecule has 1 aromatic heterocycles. The second-order valence-electron chi connectivity index (χ2n) is 5.77. The van der Waals surface area contributed by atoms with Crippen molar-refractivity contribution in [1.29, 1.82) is 0 Å². The Bertz CT molecular complexity index is 616. The maximum absolute atomic E-state index is 12.1. The number of rotatable bonds is 6. The molecule has 0 fully saturated rings. The highest BCUT2D eigenvalue weighted by atomic mass is 32.2. The molecule has 1 heterocycles. The fourth-order valence-electron chi connectivity index (χ4n) is 2.30.